The highest BCUT2D eigenvalue weighted by Crippen LogP contribution is 2.18. The third-order valence-electron chi connectivity index (χ3n) is 3.84. The Morgan fingerprint density at radius 3 is 2.23 bits per heavy atom. The zero-order chi connectivity index (χ0) is 19.3. The van der Waals surface area contributed by atoms with Crippen LogP contribution in [0.15, 0.2) is 48.5 Å². The molecule has 0 aliphatic carbocycles. The second-order valence-corrected chi connectivity index (χ2v) is 7.97. The van der Waals surface area contributed by atoms with E-state index in [0.717, 1.165) is 11.8 Å². The molecule has 1 amide bonds. The van der Waals surface area contributed by atoms with Gasteiger partial charge in [-0.15, -0.1) is 0 Å². The fourth-order valence-electron chi connectivity index (χ4n) is 2.51. The van der Waals surface area contributed by atoms with Crippen LogP contribution in [-0.2, 0) is 10.0 Å². The van der Waals surface area contributed by atoms with Crippen molar-refractivity contribution >= 4 is 27.4 Å². The van der Waals surface area contributed by atoms with E-state index in [0.29, 0.717) is 16.8 Å². The number of nitrogens with zero attached hydrogens (tertiary/aromatic N) is 1. The first-order valence-electron chi connectivity index (χ1n) is 8.12. The van der Waals surface area contributed by atoms with Crippen molar-refractivity contribution in [3.8, 4) is 0 Å². The smallest absolute Gasteiger partial charge is 0.251 e. The van der Waals surface area contributed by atoms with E-state index in [1.165, 1.54) is 11.2 Å². The number of Topliss-reactive ketones (excluding diaryl/α,β-unsaturated/α-hetero) is 1. The van der Waals surface area contributed by atoms with Crippen LogP contribution in [0.3, 0.4) is 0 Å². The van der Waals surface area contributed by atoms with Gasteiger partial charge in [-0.2, -0.15) is 0 Å². The molecular weight excluding hydrogens is 352 g/mol. The van der Waals surface area contributed by atoms with E-state index in [2.05, 4.69) is 5.32 Å². The molecule has 6 nitrogen and oxygen atoms in total. The van der Waals surface area contributed by atoms with Gasteiger partial charge in [0.2, 0.25) is 10.0 Å². The molecule has 0 unspecified atom stereocenters. The van der Waals surface area contributed by atoms with Gasteiger partial charge in [0.25, 0.3) is 5.91 Å². The number of carbonyl (C=O) groups is 2. The molecule has 0 radical (unpaired) electrons. The maximum absolute atomic E-state index is 12.2. The maximum Gasteiger partial charge on any atom is 0.251 e. The molecule has 2 rings (SSSR count). The molecule has 0 aliphatic heterocycles. The lowest BCUT2D eigenvalue weighted by atomic mass is 10.1. The molecule has 138 valence electrons. The summed E-state index contributed by atoms with van der Waals surface area (Å²) in [5, 5.41) is 2.73. The first-order valence-corrected chi connectivity index (χ1v) is 9.97. The number of rotatable bonds is 7. The first kappa shape index (κ1) is 19.7. The normalized spacial score (nSPS) is 11.0. The minimum Gasteiger partial charge on any atom is -0.350 e. The predicted molar refractivity (Wildman–Crippen MR) is 102 cm³/mol. The van der Waals surface area contributed by atoms with E-state index >= 15 is 0 Å². The number of sulfonamides is 1. The fourth-order valence-corrected chi connectivity index (χ4v) is 3.44. The summed E-state index contributed by atoms with van der Waals surface area (Å²) in [6, 6.07) is 13.5. The van der Waals surface area contributed by atoms with Gasteiger partial charge in [-0.1, -0.05) is 17.7 Å². The van der Waals surface area contributed by atoms with Crippen molar-refractivity contribution in [2.75, 3.05) is 23.7 Å². The topological polar surface area (TPSA) is 83.6 Å². The second-order valence-electron chi connectivity index (χ2n) is 6.06. The fraction of sp³-hybridized carbons (Fsp3) is 0.263. The monoisotopic (exact) mass is 374 g/mol. The van der Waals surface area contributed by atoms with E-state index in [1.807, 2.05) is 13.0 Å². The third-order valence-corrected chi connectivity index (χ3v) is 5.04. The highest BCUT2D eigenvalue weighted by atomic mass is 32.2. The quantitative estimate of drug-likeness (QED) is 0.754. The lowest BCUT2D eigenvalue weighted by Gasteiger charge is -2.22. The van der Waals surface area contributed by atoms with Gasteiger partial charge in [0.1, 0.15) is 0 Å². The van der Waals surface area contributed by atoms with E-state index in [9.17, 15) is 18.0 Å². The van der Waals surface area contributed by atoms with Crippen molar-refractivity contribution in [2.45, 2.75) is 13.8 Å². The van der Waals surface area contributed by atoms with Gasteiger partial charge in [0.05, 0.1) is 18.5 Å². The molecule has 0 aliphatic rings. The molecular formula is C19H22N2O4S. The van der Waals surface area contributed by atoms with E-state index in [1.54, 1.807) is 42.5 Å². The molecule has 0 heterocycles. The Bertz CT molecular complexity index is 905. The maximum atomic E-state index is 12.2. The highest BCUT2D eigenvalue weighted by molar-refractivity contribution is 7.92. The lowest BCUT2D eigenvalue weighted by molar-refractivity contribution is 0.0953. The Morgan fingerprint density at radius 1 is 1.04 bits per heavy atom. The molecule has 0 fully saturated rings. The van der Waals surface area contributed by atoms with Gasteiger partial charge in [-0.3, -0.25) is 13.9 Å². The molecule has 0 saturated heterocycles. The minimum atomic E-state index is -3.52. The average Bonchev–Trinajstić information content (AvgIpc) is 2.57. The zero-order valence-corrected chi connectivity index (χ0v) is 15.8. The molecule has 0 atom stereocenters. The molecule has 2 aromatic carbocycles. The van der Waals surface area contributed by atoms with Crippen molar-refractivity contribution in [1.82, 2.24) is 5.32 Å². The molecule has 0 bridgehead atoms. The number of amides is 1. The predicted octanol–water partition coefficient (Wildman–Crippen LogP) is 2.39. The zero-order valence-electron chi connectivity index (χ0n) is 15.0. The van der Waals surface area contributed by atoms with Crippen molar-refractivity contribution in [3.63, 3.8) is 0 Å². The van der Waals surface area contributed by atoms with Crippen LogP contribution in [0.1, 0.15) is 33.2 Å². The summed E-state index contributed by atoms with van der Waals surface area (Å²) in [7, 11) is -3.52. The number of hydrogen-bond acceptors (Lipinski definition) is 4. The number of anilines is 1. The van der Waals surface area contributed by atoms with E-state index in [-0.39, 0.29) is 24.8 Å². The Balaban J connectivity index is 2.07. The molecule has 1 N–H and O–H groups in total. The molecule has 26 heavy (non-hydrogen) atoms. The summed E-state index contributed by atoms with van der Waals surface area (Å²) in [6.45, 7) is 3.60. The second kappa shape index (κ2) is 8.14. The summed E-state index contributed by atoms with van der Waals surface area (Å²) in [6.07, 6.45) is 1.11. The Kier molecular flexibility index (Phi) is 6.15. The van der Waals surface area contributed by atoms with Crippen LogP contribution in [0.2, 0.25) is 0 Å². The summed E-state index contributed by atoms with van der Waals surface area (Å²) < 4.78 is 25.4. The summed E-state index contributed by atoms with van der Waals surface area (Å²) in [5.74, 6) is -0.345. The Hall–Kier alpha value is -2.67. The van der Waals surface area contributed by atoms with Crippen LogP contribution in [0.4, 0.5) is 5.69 Å². The van der Waals surface area contributed by atoms with Crippen molar-refractivity contribution < 1.29 is 18.0 Å². The van der Waals surface area contributed by atoms with Gasteiger partial charge >= 0.3 is 0 Å². The van der Waals surface area contributed by atoms with Gasteiger partial charge in [-0.25, -0.2) is 8.42 Å². The molecule has 0 spiro atoms. The molecule has 7 heteroatoms. The van der Waals surface area contributed by atoms with Crippen molar-refractivity contribution in [1.29, 1.82) is 0 Å². The number of hydrogen-bond donors (Lipinski definition) is 1. The van der Waals surface area contributed by atoms with Crippen LogP contribution in [0.5, 0.6) is 0 Å². The molecule has 0 aromatic heterocycles. The molecule has 2 aromatic rings. The van der Waals surface area contributed by atoms with E-state index < -0.39 is 10.0 Å². The van der Waals surface area contributed by atoms with Gasteiger partial charge in [0.15, 0.2) is 5.78 Å². The third kappa shape index (κ3) is 5.16. The van der Waals surface area contributed by atoms with Gasteiger partial charge in [0, 0.05) is 17.7 Å². The van der Waals surface area contributed by atoms with Gasteiger partial charge < -0.3 is 5.32 Å². The number of aryl methyl sites for hydroxylation is 1. The first-order chi connectivity index (χ1) is 12.2. The van der Waals surface area contributed by atoms with Gasteiger partial charge in [-0.05, 0) is 50.2 Å². The largest absolute Gasteiger partial charge is 0.350 e. The van der Waals surface area contributed by atoms with Crippen LogP contribution in [0.25, 0.3) is 0 Å². The Labute approximate surface area is 153 Å². The number of carbonyl (C=O) groups excluding carboxylic acids is 2. The van der Waals surface area contributed by atoms with Crippen LogP contribution in [0, 0.1) is 6.92 Å². The summed E-state index contributed by atoms with van der Waals surface area (Å²) in [4.78, 5) is 23.5. The minimum absolute atomic E-state index is 0.0899. The SMILES string of the molecule is CC(=O)c1ccc(N(CCNC(=O)c2cccc(C)c2)S(C)(=O)=O)cc1. The number of ketones is 1. The number of nitrogens with one attached hydrogen (secondary N) is 1. The Morgan fingerprint density at radius 2 is 1.69 bits per heavy atom. The summed E-state index contributed by atoms with van der Waals surface area (Å²) in [5.41, 5.74) is 2.46. The standard InChI is InChI=1S/C19H22N2O4S/c1-14-5-4-6-17(13-14)19(23)20-11-12-21(26(3,24)25)18-9-7-16(8-10-18)15(2)22/h4-10,13H,11-12H2,1-3H3,(H,20,23). The number of benzene rings is 2. The van der Waals surface area contributed by atoms with E-state index in [4.69, 9.17) is 0 Å². The van der Waals surface area contributed by atoms with Crippen molar-refractivity contribution in [3.05, 3.63) is 65.2 Å². The van der Waals surface area contributed by atoms with Crippen LogP contribution in [-0.4, -0.2) is 39.5 Å². The van der Waals surface area contributed by atoms with Crippen LogP contribution >= 0.6 is 0 Å². The van der Waals surface area contributed by atoms with Crippen LogP contribution < -0.4 is 9.62 Å². The van der Waals surface area contributed by atoms with Crippen molar-refractivity contribution in [2.24, 2.45) is 0 Å². The lowest BCUT2D eigenvalue weighted by Crippen LogP contribution is -2.38. The summed E-state index contributed by atoms with van der Waals surface area (Å²) >= 11 is 0. The highest BCUT2D eigenvalue weighted by Gasteiger charge is 2.18. The molecule has 0 saturated carbocycles. The average molecular weight is 374 g/mol.